The first-order valence-electron chi connectivity index (χ1n) is 35.4. The Labute approximate surface area is 619 Å². The quantitative estimate of drug-likeness (QED) is 0.0904. The highest BCUT2D eigenvalue weighted by atomic mass is 79.9. The molecular weight excluding hydrogens is 1340 g/mol. The molecule has 0 aliphatic carbocycles. The molecule has 0 amide bonds. The smallest absolute Gasteiger partial charge is 0.423 e. The molecule has 0 aliphatic heterocycles. The molecule has 0 fully saturated rings. The molecule has 4 heteroatoms. The van der Waals surface area contributed by atoms with Gasteiger partial charge in [-0.3, -0.25) is 0 Å². The van der Waals surface area contributed by atoms with Gasteiger partial charge in [0.15, 0.2) is 0 Å². The molecule has 0 radical (unpaired) electrons. The second-order valence-electron chi connectivity index (χ2n) is 26.9. The molecule has 20 aromatic rings. The van der Waals surface area contributed by atoms with E-state index in [4.69, 9.17) is 0 Å². The standard InChI is InChI=1S/C50H32.C30H21BO2.C20H13Br.CH4/c1-2-13-36-29-39(27-23-33(36)11-1)37-14-9-16-41(30-37)49-44-19-5-7-21-46(44)50(47-22-8-6-20-45(47)49)42-17-10-15-38(31-42)40-28-26-35-25-24-34-12-3-4-18-43(34)48(35)32-40;32-31(33)30-27-14-5-3-12-25(27)29(26-13-4-6-15-28(26)30)24-11-7-10-22(19-24)23-17-16-20-8-1-2-9-21(20)18-23;21-18-6-3-5-16(12-18)17-11-10-15-9-8-14-4-1-2-7-19(14)20(15)13-17;/h1-32H;1-19,32-33H;1-13H;1H4. The van der Waals surface area contributed by atoms with Crippen molar-refractivity contribution < 1.29 is 10.0 Å². The predicted molar refractivity (Wildman–Crippen MR) is 457 cm³/mol. The van der Waals surface area contributed by atoms with Gasteiger partial charge in [0, 0.05) is 4.47 Å². The zero-order chi connectivity index (χ0) is 69.6. The van der Waals surface area contributed by atoms with Crippen LogP contribution in [0.15, 0.2) is 393 Å². The van der Waals surface area contributed by atoms with Gasteiger partial charge in [0.05, 0.1) is 0 Å². The van der Waals surface area contributed by atoms with E-state index in [0.29, 0.717) is 5.46 Å². The molecule has 2 nitrogen and oxygen atoms in total. The van der Waals surface area contributed by atoms with Crippen molar-refractivity contribution in [2.24, 2.45) is 0 Å². The Hall–Kier alpha value is -12.5. The van der Waals surface area contributed by atoms with E-state index < -0.39 is 7.12 Å². The summed E-state index contributed by atoms with van der Waals surface area (Å²) in [5.41, 5.74) is 17.5. The lowest BCUT2D eigenvalue weighted by molar-refractivity contribution is 0.426. The van der Waals surface area contributed by atoms with Crippen molar-refractivity contribution in [3.8, 4) is 77.9 Å². The van der Waals surface area contributed by atoms with Gasteiger partial charge < -0.3 is 10.0 Å². The fraction of sp³-hybridized carbons (Fsp3) is 0.00990. The summed E-state index contributed by atoms with van der Waals surface area (Å²) in [6.07, 6.45) is 0. The van der Waals surface area contributed by atoms with Crippen LogP contribution in [0.1, 0.15) is 7.43 Å². The molecule has 0 heterocycles. The summed E-state index contributed by atoms with van der Waals surface area (Å²) in [5, 5.41) is 44.5. The number of rotatable bonds is 8. The minimum absolute atomic E-state index is 0. The van der Waals surface area contributed by atoms with E-state index in [1.807, 2.05) is 36.4 Å². The number of fused-ring (bicyclic) bond motifs is 12. The molecule has 0 spiro atoms. The van der Waals surface area contributed by atoms with E-state index in [2.05, 4.69) is 368 Å². The van der Waals surface area contributed by atoms with Crippen LogP contribution in [0.3, 0.4) is 0 Å². The van der Waals surface area contributed by atoms with E-state index in [0.717, 1.165) is 42.7 Å². The molecule has 20 aromatic carbocycles. The van der Waals surface area contributed by atoms with Crippen molar-refractivity contribution >= 4 is 136 Å². The van der Waals surface area contributed by atoms with Crippen LogP contribution in [-0.2, 0) is 0 Å². The lowest BCUT2D eigenvalue weighted by atomic mass is 9.72. The van der Waals surface area contributed by atoms with Crippen LogP contribution in [0.2, 0.25) is 0 Å². The summed E-state index contributed by atoms with van der Waals surface area (Å²) < 4.78 is 1.11. The zero-order valence-corrected chi connectivity index (χ0v) is 58.4. The first-order chi connectivity index (χ1) is 51.3. The largest absolute Gasteiger partial charge is 0.489 e. The van der Waals surface area contributed by atoms with Crippen LogP contribution in [-0.4, -0.2) is 17.2 Å². The number of benzene rings is 20. The van der Waals surface area contributed by atoms with Crippen molar-refractivity contribution in [3.63, 3.8) is 0 Å². The van der Waals surface area contributed by atoms with E-state index in [9.17, 15) is 10.0 Å². The molecule has 20 rings (SSSR count). The van der Waals surface area contributed by atoms with Gasteiger partial charge in [-0.05, 0) is 246 Å². The van der Waals surface area contributed by atoms with Crippen molar-refractivity contribution in [1.82, 2.24) is 0 Å². The maximum Gasteiger partial charge on any atom is 0.489 e. The zero-order valence-electron chi connectivity index (χ0n) is 56.8. The molecule has 105 heavy (non-hydrogen) atoms. The Morgan fingerprint density at radius 1 is 0.171 bits per heavy atom. The van der Waals surface area contributed by atoms with E-state index >= 15 is 0 Å². The minimum Gasteiger partial charge on any atom is -0.423 e. The summed E-state index contributed by atoms with van der Waals surface area (Å²) in [5.74, 6) is 0. The summed E-state index contributed by atoms with van der Waals surface area (Å²) in [6.45, 7) is 0. The van der Waals surface area contributed by atoms with Crippen molar-refractivity contribution in [2.75, 3.05) is 0 Å². The maximum absolute atomic E-state index is 10.2. The van der Waals surface area contributed by atoms with Crippen LogP contribution in [0, 0.1) is 0 Å². The van der Waals surface area contributed by atoms with Crippen molar-refractivity contribution in [2.45, 2.75) is 7.43 Å². The summed E-state index contributed by atoms with van der Waals surface area (Å²) in [6, 6.07) is 139. The van der Waals surface area contributed by atoms with Gasteiger partial charge in [0.25, 0.3) is 0 Å². The first-order valence-corrected chi connectivity index (χ1v) is 36.2. The Morgan fingerprint density at radius 2 is 0.410 bits per heavy atom. The third kappa shape index (κ3) is 12.6. The molecule has 2 N–H and O–H groups in total. The lowest BCUT2D eigenvalue weighted by Crippen LogP contribution is -2.31. The monoisotopic (exact) mass is 1400 g/mol. The van der Waals surface area contributed by atoms with E-state index in [1.54, 1.807) is 0 Å². The fourth-order valence-electron chi connectivity index (χ4n) is 15.8. The summed E-state index contributed by atoms with van der Waals surface area (Å²) >= 11 is 3.55. The third-order valence-corrected chi connectivity index (χ3v) is 21.3. The molecule has 496 valence electrons. The molecule has 0 bridgehead atoms. The number of halogens is 1. The fourth-order valence-corrected chi connectivity index (χ4v) is 16.2. The van der Waals surface area contributed by atoms with Gasteiger partial charge in [-0.25, -0.2) is 0 Å². The molecule has 0 saturated heterocycles. The second kappa shape index (κ2) is 28.4. The normalized spacial score (nSPS) is 11.3. The summed E-state index contributed by atoms with van der Waals surface area (Å²) in [4.78, 5) is 0. The predicted octanol–water partition coefficient (Wildman–Crippen LogP) is 27.3. The maximum atomic E-state index is 10.2. The molecule has 0 aromatic heterocycles. The Balaban J connectivity index is 0.000000127. The highest BCUT2D eigenvalue weighted by Gasteiger charge is 2.23. The Morgan fingerprint density at radius 3 is 0.762 bits per heavy atom. The molecule has 0 atom stereocenters. The molecular formula is C101H70BBrO2. The lowest BCUT2D eigenvalue weighted by Gasteiger charge is -2.19. The van der Waals surface area contributed by atoms with Gasteiger partial charge >= 0.3 is 7.12 Å². The van der Waals surface area contributed by atoms with Crippen molar-refractivity contribution in [1.29, 1.82) is 0 Å². The second-order valence-corrected chi connectivity index (χ2v) is 27.8. The SMILES string of the molecule is Brc1cccc(-c2ccc3ccc4ccccc4c3c2)c1.C.OB(O)c1c2ccccc2c(-c2cccc(-c3ccc4ccccc4c3)c2)c2ccccc12.c1cc(-c2ccc3ccccc3c2)cc(-c2c3ccccc3c(-c3cccc(-c4ccc5ccc6ccccc6c5c4)c3)c3ccccc23)c1. The van der Waals surface area contributed by atoms with Gasteiger partial charge in [-0.2, -0.15) is 0 Å². The number of hydrogen-bond acceptors (Lipinski definition) is 2. The van der Waals surface area contributed by atoms with Crippen molar-refractivity contribution in [3.05, 3.63) is 393 Å². The van der Waals surface area contributed by atoms with Crippen LogP contribution in [0.25, 0.3) is 186 Å². The van der Waals surface area contributed by atoms with E-state index in [1.165, 1.54) is 147 Å². The van der Waals surface area contributed by atoms with Gasteiger partial charge in [0.1, 0.15) is 0 Å². The number of hydrogen-bond donors (Lipinski definition) is 2. The highest BCUT2D eigenvalue weighted by molar-refractivity contribution is 9.10. The average molecular weight is 1410 g/mol. The van der Waals surface area contributed by atoms with Crippen LogP contribution < -0.4 is 5.46 Å². The Bertz CT molecular complexity index is 6640. The van der Waals surface area contributed by atoms with Gasteiger partial charge in [-0.15, -0.1) is 0 Å². The van der Waals surface area contributed by atoms with Crippen LogP contribution in [0.4, 0.5) is 0 Å². The molecule has 0 saturated carbocycles. The Kier molecular flexibility index (Phi) is 17.8. The van der Waals surface area contributed by atoms with E-state index in [-0.39, 0.29) is 7.43 Å². The van der Waals surface area contributed by atoms with Crippen LogP contribution in [0.5, 0.6) is 0 Å². The minimum atomic E-state index is -1.54. The van der Waals surface area contributed by atoms with Crippen LogP contribution >= 0.6 is 15.9 Å². The third-order valence-electron chi connectivity index (χ3n) is 20.8. The topological polar surface area (TPSA) is 40.5 Å². The van der Waals surface area contributed by atoms with Gasteiger partial charge in [0.2, 0.25) is 0 Å². The average Bonchev–Trinajstić information content (AvgIpc) is 0.714. The summed E-state index contributed by atoms with van der Waals surface area (Å²) in [7, 11) is -1.54. The first kappa shape index (κ1) is 65.8. The van der Waals surface area contributed by atoms with Gasteiger partial charge in [-0.1, -0.05) is 357 Å². The molecule has 0 unspecified atom stereocenters. The molecule has 0 aliphatic rings. The highest BCUT2D eigenvalue weighted by Crippen LogP contribution is 2.46.